The van der Waals surface area contributed by atoms with Crippen molar-refractivity contribution in [3.05, 3.63) is 77.3 Å². The number of anilines is 1. The van der Waals surface area contributed by atoms with E-state index in [0.29, 0.717) is 27.8 Å². The van der Waals surface area contributed by atoms with Gasteiger partial charge in [0.15, 0.2) is 0 Å². The van der Waals surface area contributed by atoms with Crippen LogP contribution in [0.3, 0.4) is 0 Å². The van der Waals surface area contributed by atoms with Gasteiger partial charge in [0.25, 0.3) is 5.91 Å². The molecule has 0 radical (unpaired) electrons. The van der Waals surface area contributed by atoms with Gasteiger partial charge in [-0.1, -0.05) is 23.7 Å². The van der Waals surface area contributed by atoms with Crippen LogP contribution in [0.4, 0.5) is 5.69 Å². The first kappa shape index (κ1) is 17.1. The number of hydrogen-bond donors (Lipinski definition) is 2. The molecule has 0 aliphatic heterocycles. The summed E-state index contributed by atoms with van der Waals surface area (Å²) in [7, 11) is 1.58. The van der Waals surface area contributed by atoms with Crippen LogP contribution in [0.5, 0.6) is 5.75 Å². The quantitative estimate of drug-likeness (QED) is 0.517. The number of rotatable bonds is 4. The van der Waals surface area contributed by atoms with E-state index in [1.165, 1.54) is 0 Å². The lowest BCUT2D eigenvalue weighted by molar-refractivity contribution is 0.102. The first-order valence-corrected chi connectivity index (χ1v) is 8.72. The second-order valence-electron chi connectivity index (χ2n) is 5.98. The zero-order valence-corrected chi connectivity index (χ0v) is 15.2. The number of imidazole rings is 1. The zero-order valence-electron chi connectivity index (χ0n) is 14.5. The number of aromatic amines is 1. The van der Waals surface area contributed by atoms with Crippen molar-refractivity contribution in [2.45, 2.75) is 0 Å². The number of halogens is 1. The second-order valence-corrected chi connectivity index (χ2v) is 6.39. The Morgan fingerprint density at radius 2 is 1.85 bits per heavy atom. The van der Waals surface area contributed by atoms with Crippen molar-refractivity contribution in [1.29, 1.82) is 0 Å². The molecule has 4 rings (SSSR count). The van der Waals surface area contributed by atoms with Gasteiger partial charge in [-0.3, -0.25) is 4.79 Å². The van der Waals surface area contributed by atoms with E-state index in [1.54, 1.807) is 37.4 Å². The number of amides is 1. The fourth-order valence-electron chi connectivity index (χ4n) is 2.79. The normalized spacial score (nSPS) is 10.7. The molecule has 5 nitrogen and oxygen atoms in total. The van der Waals surface area contributed by atoms with Crippen LogP contribution in [0.1, 0.15) is 10.4 Å². The van der Waals surface area contributed by atoms with Crippen LogP contribution in [0.25, 0.3) is 22.4 Å². The molecule has 2 N–H and O–H groups in total. The molecule has 0 fully saturated rings. The molecule has 134 valence electrons. The van der Waals surface area contributed by atoms with E-state index in [2.05, 4.69) is 15.3 Å². The number of para-hydroxylation sites is 2. The lowest BCUT2D eigenvalue weighted by Gasteiger charge is -2.09. The molecular formula is C21H16ClN3O2. The third-order valence-corrected chi connectivity index (χ3v) is 4.56. The van der Waals surface area contributed by atoms with E-state index in [1.807, 2.05) is 36.4 Å². The van der Waals surface area contributed by atoms with Gasteiger partial charge in [-0.25, -0.2) is 4.98 Å². The van der Waals surface area contributed by atoms with Gasteiger partial charge in [0.05, 0.1) is 28.9 Å². The number of H-pyrrole nitrogens is 1. The first-order valence-electron chi connectivity index (χ1n) is 8.34. The van der Waals surface area contributed by atoms with E-state index >= 15 is 0 Å². The third kappa shape index (κ3) is 3.50. The number of carbonyl (C=O) groups is 1. The Hall–Kier alpha value is -3.31. The van der Waals surface area contributed by atoms with Crippen molar-refractivity contribution in [3.63, 3.8) is 0 Å². The highest BCUT2D eigenvalue weighted by Crippen LogP contribution is 2.29. The van der Waals surface area contributed by atoms with Crippen molar-refractivity contribution in [1.82, 2.24) is 9.97 Å². The van der Waals surface area contributed by atoms with Crippen molar-refractivity contribution in [3.8, 4) is 17.1 Å². The summed E-state index contributed by atoms with van der Waals surface area (Å²) in [5.41, 5.74) is 3.70. The van der Waals surface area contributed by atoms with Gasteiger partial charge in [-0.2, -0.15) is 0 Å². The minimum absolute atomic E-state index is 0.249. The molecular weight excluding hydrogens is 362 g/mol. The number of nitrogens with one attached hydrogen (secondary N) is 2. The minimum atomic E-state index is -0.249. The van der Waals surface area contributed by atoms with Gasteiger partial charge in [-0.15, -0.1) is 0 Å². The second kappa shape index (κ2) is 7.13. The average Bonchev–Trinajstić information content (AvgIpc) is 3.14. The Bertz CT molecular complexity index is 1090. The SMILES string of the molecule is COc1ccc(C(=O)Nc2cc(-c3nc4ccccc4[nH]3)ccc2Cl)cc1. The van der Waals surface area contributed by atoms with E-state index in [0.717, 1.165) is 16.6 Å². The van der Waals surface area contributed by atoms with Crippen molar-refractivity contribution in [2.75, 3.05) is 12.4 Å². The van der Waals surface area contributed by atoms with Crippen molar-refractivity contribution >= 4 is 34.2 Å². The molecule has 0 bridgehead atoms. The smallest absolute Gasteiger partial charge is 0.255 e. The van der Waals surface area contributed by atoms with Crippen LogP contribution in [-0.4, -0.2) is 23.0 Å². The van der Waals surface area contributed by atoms with Crippen molar-refractivity contribution in [2.24, 2.45) is 0 Å². The molecule has 0 unspecified atom stereocenters. The van der Waals surface area contributed by atoms with Gasteiger partial charge in [0.2, 0.25) is 0 Å². The molecule has 0 saturated heterocycles. The molecule has 0 saturated carbocycles. The molecule has 0 atom stereocenters. The summed E-state index contributed by atoms with van der Waals surface area (Å²) in [4.78, 5) is 20.4. The predicted octanol–water partition coefficient (Wildman–Crippen LogP) is 5.14. The monoisotopic (exact) mass is 377 g/mol. The highest BCUT2D eigenvalue weighted by atomic mass is 35.5. The Morgan fingerprint density at radius 1 is 1.07 bits per heavy atom. The molecule has 0 spiro atoms. The van der Waals surface area contributed by atoms with E-state index in [-0.39, 0.29) is 5.91 Å². The maximum atomic E-state index is 12.5. The third-order valence-electron chi connectivity index (χ3n) is 4.23. The maximum Gasteiger partial charge on any atom is 0.255 e. The molecule has 6 heteroatoms. The summed E-state index contributed by atoms with van der Waals surface area (Å²) in [5.74, 6) is 1.16. The molecule has 1 aromatic heterocycles. The Morgan fingerprint density at radius 3 is 2.59 bits per heavy atom. The Balaban J connectivity index is 1.62. The van der Waals surface area contributed by atoms with Crippen molar-refractivity contribution < 1.29 is 9.53 Å². The number of carbonyl (C=O) groups excluding carboxylic acids is 1. The summed E-state index contributed by atoms with van der Waals surface area (Å²) in [6.45, 7) is 0. The lowest BCUT2D eigenvalue weighted by atomic mass is 10.1. The Labute approximate surface area is 161 Å². The summed E-state index contributed by atoms with van der Waals surface area (Å²) < 4.78 is 5.11. The fraction of sp³-hybridized carbons (Fsp3) is 0.0476. The summed E-state index contributed by atoms with van der Waals surface area (Å²) in [6.07, 6.45) is 0. The first-order chi connectivity index (χ1) is 13.1. The molecule has 3 aromatic carbocycles. The van der Waals surface area contributed by atoms with Crippen LogP contribution in [0.2, 0.25) is 5.02 Å². The number of methoxy groups -OCH3 is 1. The number of hydrogen-bond acceptors (Lipinski definition) is 3. The summed E-state index contributed by atoms with van der Waals surface area (Å²) in [5, 5.41) is 3.31. The van der Waals surface area contributed by atoms with Crippen LogP contribution < -0.4 is 10.1 Å². The molecule has 1 amide bonds. The summed E-state index contributed by atoms with van der Waals surface area (Å²) >= 11 is 6.28. The predicted molar refractivity (Wildman–Crippen MR) is 107 cm³/mol. The fourth-order valence-corrected chi connectivity index (χ4v) is 2.96. The van der Waals surface area contributed by atoms with Crippen LogP contribution in [0, 0.1) is 0 Å². The molecule has 4 aromatic rings. The zero-order chi connectivity index (χ0) is 18.8. The summed E-state index contributed by atoms with van der Waals surface area (Å²) in [6, 6.07) is 20.1. The number of benzene rings is 3. The largest absolute Gasteiger partial charge is 0.497 e. The number of nitrogens with zero attached hydrogens (tertiary/aromatic N) is 1. The van der Waals surface area contributed by atoms with Gasteiger partial charge in [0, 0.05) is 11.1 Å². The van der Waals surface area contributed by atoms with Gasteiger partial charge in [-0.05, 0) is 54.6 Å². The molecule has 27 heavy (non-hydrogen) atoms. The van der Waals surface area contributed by atoms with E-state index < -0.39 is 0 Å². The van der Waals surface area contributed by atoms with Crippen LogP contribution >= 0.6 is 11.6 Å². The Kier molecular flexibility index (Phi) is 4.52. The number of ether oxygens (including phenoxy) is 1. The molecule has 0 aliphatic rings. The van der Waals surface area contributed by atoms with E-state index in [9.17, 15) is 4.79 Å². The highest BCUT2D eigenvalue weighted by Gasteiger charge is 2.12. The highest BCUT2D eigenvalue weighted by molar-refractivity contribution is 6.34. The number of aromatic nitrogens is 2. The number of fused-ring (bicyclic) bond motifs is 1. The van der Waals surface area contributed by atoms with Gasteiger partial charge < -0.3 is 15.0 Å². The molecule has 0 aliphatic carbocycles. The minimum Gasteiger partial charge on any atom is -0.497 e. The standard InChI is InChI=1S/C21H16ClN3O2/c1-27-15-9-6-13(7-10-15)21(26)25-19-12-14(8-11-16(19)22)20-23-17-4-2-3-5-18(17)24-20/h2-12H,1H3,(H,23,24)(H,25,26). The van der Waals surface area contributed by atoms with Crippen LogP contribution in [0.15, 0.2) is 66.7 Å². The van der Waals surface area contributed by atoms with E-state index in [4.69, 9.17) is 16.3 Å². The maximum absolute atomic E-state index is 12.5. The molecule has 1 heterocycles. The van der Waals surface area contributed by atoms with Gasteiger partial charge in [0.1, 0.15) is 11.6 Å². The topological polar surface area (TPSA) is 67.0 Å². The van der Waals surface area contributed by atoms with Crippen LogP contribution in [-0.2, 0) is 0 Å². The average molecular weight is 378 g/mol. The van der Waals surface area contributed by atoms with Gasteiger partial charge >= 0.3 is 0 Å². The lowest BCUT2D eigenvalue weighted by Crippen LogP contribution is -2.12.